The second-order valence-corrected chi connectivity index (χ2v) is 12.5. The zero-order valence-electron chi connectivity index (χ0n) is 24.2. The van der Waals surface area contributed by atoms with Gasteiger partial charge in [0.15, 0.2) is 11.4 Å². The van der Waals surface area contributed by atoms with Gasteiger partial charge in [0.1, 0.15) is 11.9 Å². The zero-order chi connectivity index (χ0) is 29.0. The summed E-state index contributed by atoms with van der Waals surface area (Å²) in [5, 5.41) is 9.47. The summed E-state index contributed by atoms with van der Waals surface area (Å²) < 4.78 is 11.7. The summed E-state index contributed by atoms with van der Waals surface area (Å²) >= 11 is 1.64. The van der Waals surface area contributed by atoms with Crippen LogP contribution in [0.15, 0.2) is 41.3 Å². The molecule has 1 heterocycles. The average molecular weight is 568 g/mol. The number of carbonyl (C=O) groups excluding carboxylic acids is 2. The third kappa shape index (κ3) is 7.00. The fourth-order valence-electron chi connectivity index (χ4n) is 5.80. The Kier molecular flexibility index (Phi) is 9.49. The van der Waals surface area contributed by atoms with E-state index in [1.54, 1.807) is 16.7 Å². The predicted octanol–water partition coefficient (Wildman–Crippen LogP) is 6.71. The van der Waals surface area contributed by atoms with E-state index in [-0.39, 0.29) is 29.8 Å². The lowest BCUT2D eigenvalue weighted by Gasteiger charge is -2.25. The quantitative estimate of drug-likeness (QED) is 0.252. The van der Waals surface area contributed by atoms with Crippen molar-refractivity contribution < 1.29 is 29.0 Å². The number of hydrogen-bond acceptors (Lipinski definition) is 6. The number of carbonyl (C=O) groups is 3. The molecule has 1 saturated carbocycles. The van der Waals surface area contributed by atoms with Crippen LogP contribution in [0.1, 0.15) is 73.0 Å². The van der Waals surface area contributed by atoms with Gasteiger partial charge in [-0.2, -0.15) is 0 Å². The molecule has 2 aromatic rings. The third-order valence-electron chi connectivity index (χ3n) is 8.18. The molecule has 2 atom stereocenters. The summed E-state index contributed by atoms with van der Waals surface area (Å²) in [6.45, 7) is 7.79. The second-order valence-electron chi connectivity index (χ2n) is 11.7. The first-order valence-electron chi connectivity index (χ1n) is 14.1. The second kappa shape index (κ2) is 12.7. The number of carboxylic acids is 1. The fraction of sp³-hybridized carbons (Fsp3) is 0.531. The first kappa shape index (κ1) is 30.0. The van der Waals surface area contributed by atoms with Crippen LogP contribution >= 0.6 is 11.8 Å². The monoisotopic (exact) mass is 567 g/mol. The average Bonchev–Trinajstić information content (AvgIpc) is 3.59. The summed E-state index contributed by atoms with van der Waals surface area (Å²) in [5.74, 6) is -0.657. The topological polar surface area (TPSA) is 93.1 Å². The number of aliphatic carboxylic acids is 1. The number of nitrogens with zero attached hydrogens (tertiary/aromatic N) is 1. The van der Waals surface area contributed by atoms with Gasteiger partial charge in [-0.25, -0.2) is 9.59 Å². The molecule has 40 heavy (non-hydrogen) atoms. The number of benzene rings is 2. The zero-order valence-corrected chi connectivity index (χ0v) is 25.0. The molecule has 4 rings (SSSR count). The normalized spacial score (nSPS) is 19.6. The Morgan fingerprint density at radius 3 is 2.23 bits per heavy atom. The maximum absolute atomic E-state index is 13.7. The number of carboxylic acid groups (broad SMARTS) is 1. The highest BCUT2D eigenvalue weighted by Crippen LogP contribution is 2.34. The number of hydrogen-bond donors (Lipinski definition) is 1. The molecular formula is C32H41NO6S. The number of Topliss-reactive ketones (excluding diaryl/α,β-unsaturated/α-hetero) is 1. The minimum Gasteiger partial charge on any atom is -0.478 e. The van der Waals surface area contributed by atoms with Gasteiger partial charge in [0, 0.05) is 29.5 Å². The first-order valence-corrected chi connectivity index (χ1v) is 15.4. The molecule has 0 aromatic heterocycles. The lowest BCUT2D eigenvalue weighted by atomic mass is 9.84. The number of amides is 1. The fourth-order valence-corrected chi connectivity index (χ4v) is 6.21. The minimum absolute atomic E-state index is 0.00587. The van der Waals surface area contributed by atoms with E-state index in [0.29, 0.717) is 24.4 Å². The Balaban J connectivity index is 1.50. The van der Waals surface area contributed by atoms with Crippen LogP contribution in [0.5, 0.6) is 5.75 Å². The molecule has 2 fully saturated rings. The highest BCUT2D eigenvalue weighted by atomic mass is 32.2. The van der Waals surface area contributed by atoms with Crippen LogP contribution in [0.3, 0.4) is 0 Å². The summed E-state index contributed by atoms with van der Waals surface area (Å²) in [6, 6.07) is 11.8. The van der Waals surface area contributed by atoms with Gasteiger partial charge >= 0.3 is 12.1 Å². The predicted molar refractivity (Wildman–Crippen MR) is 156 cm³/mol. The van der Waals surface area contributed by atoms with Crippen molar-refractivity contribution in [2.75, 3.05) is 19.3 Å². The number of ether oxygens (including phenoxy) is 2. The van der Waals surface area contributed by atoms with Gasteiger partial charge in [0.25, 0.3) is 0 Å². The number of rotatable bonds is 10. The number of ketones is 1. The number of thioether (sulfide) groups is 1. The Hall–Kier alpha value is -3.00. The molecule has 216 valence electrons. The van der Waals surface area contributed by atoms with Crippen molar-refractivity contribution in [3.05, 3.63) is 58.7 Å². The molecule has 1 N–H and O–H groups in total. The van der Waals surface area contributed by atoms with Gasteiger partial charge in [0.05, 0.1) is 0 Å². The van der Waals surface area contributed by atoms with Crippen LogP contribution in [0.2, 0.25) is 0 Å². The molecule has 8 heteroatoms. The SMILES string of the molecule is CSc1ccc(C(=O)[C@H]2CN(C(=O)OC3CCCC3)C[C@@H]2CCc2cc(C)c(OC(C)(C)C(=O)O)c(C)c2)cc1. The van der Waals surface area contributed by atoms with Crippen LogP contribution in [0, 0.1) is 25.7 Å². The molecule has 0 radical (unpaired) electrons. The summed E-state index contributed by atoms with van der Waals surface area (Å²) in [5.41, 5.74) is 2.18. The van der Waals surface area contributed by atoms with Crippen LogP contribution in [-0.2, 0) is 16.0 Å². The van der Waals surface area contributed by atoms with Crippen LogP contribution in [0.25, 0.3) is 0 Å². The van der Waals surface area contributed by atoms with Gasteiger partial charge in [-0.05, 0) is 107 Å². The van der Waals surface area contributed by atoms with Gasteiger partial charge in [-0.3, -0.25) is 4.79 Å². The molecule has 1 amide bonds. The largest absolute Gasteiger partial charge is 0.478 e. The highest BCUT2D eigenvalue weighted by Gasteiger charge is 2.41. The third-order valence-corrected chi connectivity index (χ3v) is 8.92. The summed E-state index contributed by atoms with van der Waals surface area (Å²) in [6.07, 6.45) is 7.16. The molecule has 0 unspecified atom stereocenters. The Bertz CT molecular complexity index is 1210. The Labute approximate surface area is 241 Å². The molecule has 2 aliphatic rings. The van der Waals surface area contributed by atoms with E-state index in [4.69, 9.17) is 9.47 Å². The molecule has 0 bridgehead atoms. The van der Waals surface area contributed by atoms with Gasteiger partial charge in [-0.1, -0.05) is 24.3 Å². The van der Waals surface area contributed by atoms with E-state index in [9.17, 15) is 19.5 Å². The molecule has 0 spiro atoms. The number of likely N-dealkylation sites (tertiary alicyclic amines) is 1. The molecule has 1 saturated heterocycles. The van der Waals surface area contributed by atoms with E-state index in [0.717, 1.165) is 60.1 Å². The van der Waals surface area contributed by atoms with Crippen molar-refractivity contribution in [2.24, 2.45) is 11.8 Å². The van der Waals surface area contributed by atoms with E-state index in [1.165, 1.54) is 13.8 Å². The van der Waals surface area contributed by atoms with Crippen molar-refractivity contribution >= 4 is 29.6 Å². The lowest BCUT2D eigenvalue weighted by molar-refractivity contribution is -0.152. The van der Waals surface area contributed by atoms with E-state index >= 15 is 0 Å². The Morgan fingerprint density at radius 1 is 1.02 bits per heavy atom. The number of aryl methyl sites for hydroxylation is 3. The maximum Gasteiger partial charge on any atom is 0.410 e. The molecular weight excluding hydrogens is 526 g/mol. The van der Waals surface area contributed by atoms with Crippen LogP contribution < -0.4 is 4.74 Å². The van der Waals surface area contributed by atoms with E-state index in [2.05, 4.69) is 0 Å². The van der Waals surface area contributed by atoms with Crippen molar-refractivity contribution in [1.82, 2.24) is 4.90 Å². The van der Waals surface area contributed by atoms with E-state index in [1.807, 2.05) is 56.5 Å². The molecule has 1 aliphatic carbocycles. The standard InChI is InChI=1S/C32H41NO6S/c1-20-16-22(17-21(2)29(20)39-32(3,4)30(35)36)10-11-24-18-33(31(37)38-25-8-6-7-9-25)19-27(24)28(34)23-12-14-26(40-5)15-13-23/h12-17,24-25,27H,6-11,18-19H2,1-5H3,(H,35,36)/t24-,27-/m0/s1. The van der Waals surface area contributed by atoms with Gasteiger partial charge in [0.2, 0.25) is 0 Å². The minimum atomic E-state index is -1.33. The Morgan fingerprint density at radius 2 is 1.65 bits per heavy atom. The van der Waals surface area contributed by atoms with Crippen molar-refractivity contribution in [1.29, 1.82) is 0 Å². The van der Waals surface area contributed by atoms with E-state index < -0.39 is 11.6 Å². The van der Waals surface area contributed by atoms with Gasteiger partial charge < -0.3 is 19.5 Å². The molecule has 7 nitrogen and oxygen atoms in total. The van der Waals surface area contributed by atoms with Crippen molar-refractivity contribution in [3.8, 4) is 5.75 Å². The molecule has 2 aromatic carbocycles. The van der Waals surface area contributed by atoms with Crippen LogP contribution in [-0.4, -0.2) is 58.9 Å². The first-order chi connectivity index (χ1) is 19.0. The smallest absolute Gasteiger partial charge is 0.410 e. The van der Waals surface area contributed by atoms with Crippen molar-refractivity contribution in [2.45, 2.75) is 82.8 Å². The lowest BCUT2D eigenvalue weighted by Crippen LogP contribution is -2.38. The van der Waals surface area contributed by atoms with Crippen molar-refractivity contribution in [3.63, 3.8) is 0 Å². The highest BCUT2D eigenvalue weighted by molar-refractivity contribution is 7.98. The van der Waals surface area contributed by atoms with Gasteiger partial charge in [-0.15, -0.1) is 11.8 Å². The maximum atomic E-state index is 13.7. The van der Waals surface area contributed by atoms with Crippen LogP contribution in [0.4, 0.5) is 4.79 Å². The molecule has 1 aliphatic heterocycles. The summed E-state index contributed by atoms with van der Waals surface area (Å²) in [7, 11) is 0. The summed E-state index contributed by atoms with van der Waals surface area (Å²) in [4.78, 5) is 41.1.